The third-order valence-electron chi connectivity index (χ3n) is 3.61. The summed E-state index contributed by atoms with van der Waals surface area (Å²) in [6, 6.07) is 7.01. The highest BCUT2D eigenvalue weighted by Gasteiger charge is 2.27. The highest BCUT2D eigenvalue weighted by atomic mass is 79.9. The number of benzene rings is 1. The second-order valence-electron chi connectivity index (χ2n) is 5.41. The van der Waals surface area contributed by atoms with Crippen molar-refractivity contribution in [2.45, 2.75) is 31.8 Å². The van der Waals surface area contributed by atoms with Crippen LogP contribution in [0.3, 0.4) is 0 Å². The smallest absolute Gasteiger partial charge is 0.0951 e. The van der Waals surface area contributed by atoms with Gasteiger partial charge in [-0.25, -0.2) is 4.98 Å². The first-order valence-corrected chi connectivity index (χ1v) is 7.72. The van der Waals surface area contributed by atoms with Gasteiger partial charge in [0.1, 0.15) is 0 Å². The van der Waals surface area contributed by atoms with Gasteiger partial charge < -0.3 is 15.6 Å². The number of aromatic nitrogens is 2. The number of halogens is 1. The standard InChI is InChI=1S/C15H19BrN4/c1-10-4-11(16)6-12(5-10)19-14(7-17)15-8-18-9-20(15)13-2-3-13/h4-6,8-9,13-14,19H,2-3,7,17H2,1H3. The maximum absolute atomic E-state index is 5.96. The molecule has 1 heterocycles. The van der Waals surface area contributed by atoms with E-state index in [0.717, 1.165) is 10.2 Å². The number of anilines is 1. The summed E-state index contributed by atoms with van der Waals surface area (Å²) in [6.45, 7) is 2.63. The molecule has 0 amide bonds. The maximum Gasteiger partial charge on any atom is 0.0951 e. The number of aryl methyl sites for hydroxylation is 1. The Bertz CT molecular complexity index is 583. The van der Waals surface area contributed by atoms with E-state index in [1.54, 1.807) is 0 Å². The van der Waals surface area contributed by atoms with Crippen LogP contribution in [-0.4, -0.2) is 16.1 Å². The van der Waals surface area contributed by atoms with Gasteiger partial charge in [0, 0.05) is 22.7 Å². The van der Waals surface area contributed by atoms with Crippen LogP contribution in [0.1, 0.15) is 36.2 Å². The van der Waals surface area contributed by atoms with Crippen LogP contribution >= 0.6 is 15.9 Å². The third-order valence-corrected chi connectivity index (χ3v) is 4.07. The maximum atomic E-state index is 5.96. The topological polar surface area (TPSA) is 55.9 Å². The molecule has 0 bridgehead atoms. The van der Waals surface area contributed by atoms with Crippen LogP contribution < -0.4 is 11.1 Å². The van der Waals surface area contributed by atoms with Gasteiger partial charge >= 0.3 is 0 Å². The van der Waals surface area contributed by atoms with Crippen LogP contribution in [0.2, 0.25) is 0 Å². The minimum Gasteiger partial charge on any atom is -0.375 e. The number of rotatable bonds is 5. The first kappa shape index (κ1) is 13.6. The van der Waals surface area contributed by atoms with Crippen molar-refractivity contribution in [2.24, 2.45) is 5.73 Å². The molecule has 1 saturated carbocycles. The zero-order chi connectivity index (χ0) is 14.1. The van der Waals surface area contributed by atoms with Crippen LogP contribution in [-0.2, 0) is 0 Å². The molecular formula is C15H19BrN4. The second kappa shape index (κ2) is 5.58. The predicted molar refractivity (Wildman–Crippen MR) is 84.8 cm³/mol. The monoisotopic (exact) mass is 334 g/mol. The fourth-order valence-corrected chi connectivity index (χ4v) is 3.12. The van der Waals surface area contributed by atoms with E-state index in [2.05, 4.69) is 55.9 Å². The van der Waals surface area contributed by atoms with Crippen molar-refractivity contribution in [3.8, 4) is 0 Å². The Hall–Kier alpha value is -1.33. The van der Waals surface area contributed by atoms with Crippen LogP contribution in [0, 0.1) is 6.92 Å². The quantitative estimate of drug-likeness (QED) is 0.880. The Balaban J connectivity index is 1.84. The van der Waals surface area contributed by atoms with Crippen molar-refractivity contribution in [3.05, 3.63) is 46.5 Å². The fourth-order valence-electron chi connectivity index (χ4n) is 2.52. The summed E-state index contributed by atoms with van der Waals surface area (Å²) in [4.78, 5) is 4.29. The lowest BCUT2D eigenvalue weighted by Gasteiger charge is -2.20. The lowest BCUT2D eigenvalue weighted by atomic mass is 10.1. The second-order valence-corrected chi connectivity index (χ2v) is 6.32. The average molecular weight is 335 g/mol. The van der Waals surface area contributed by atoms with Crippen LogP contribution in [0.4, 0.5) is 5.69 Å². The normalized spacial score (nSPS) is 16.1. The number of nitrogens with zero attached hydrogens (tertiary/aromatic N) is 2. The molecule has 106 valence electrons. The van der Waals surface area contributed by atoms with Crippen molar-refractivity contribution >= 4 is 21.6 Å². The van der Waals surface area contributed by atoms with E-state index in [4.69, 9.17) is 5.73 Å². The van der Waals surface area contributed by atoms with E-state index in [1.807, 2.05) is 12.5 Å². The van der Waals surface area contributed by atoms with Gasteiger partial charge in [-0.1, -0.05) is 15.9 Å². The molecule has 1 unspecified atom stereocenters. The summed E-state index contributed by atoms with van der Waals surface area (Å²) in [5.74, 6) is 0. The molecule has 1 aromatic heterocycles. The largest absolute Gasteiger partial charge is 0.375 e. The summed E-state index contributed by atoms with van der Waals surface area (Å²) < 4.78 is 3.33. The van der Waals surface area contributed by atoms with E-state index >= 15 is 0 Å². The van der Waals surface area contributed by atoms with Gasteiger partial charge in [-0.15, -0.1) is 0 Å². The Morgan fingerprint density at radius 2 is 2.25 bits per heavy atom. The highest BCUT2D eigenvalue weighted by Crippen LogP contribution is 2.37. The van der Waals surface area contributed by atoms with E-state index in [1.165, 1.54) is 24.1 Å². The number of nitrogens with one attached hydrogen (secondary N) is 1. The molecule has 1 aromatic carbocycles. The predicted octanol–water partition coefficient (Wildman–Crippen LogP) is 3.40. The molecule has 1 atom stereocenters. The molecule has 1 aliphatic rings. The lowest BCUT2D eigenvalue weighted by molar-refractivity contribution is 0.642. The van der Waals surface area contributed by atoms with Gasteiger partial charge in [0.2, 0.25) is 0 Å². The molecule has 0 radical (unpaired) electrons. The van der Waals surface area contributed by atoms with Crippen molar-refractivity contribution in [2.75, 3.05) is 11.9 Å². The summed E-state index contributed by atoms with van der Waals surface area (Å²) in [5.41, 5.74) is 9.43. The zero-order valence-corrected chi connectivity index (χ0v) is 13.1. The summed E-state index contributed by atoms with van der Waals surface area (Å²) >= 11 is 3.53. The van der Waals surface area contributed by atoms with E-state index < -0.39 is 0 Å². The van der Waals surface area contributed by atoms with E-state index in [0.29, 0.717) is 12.6 Å². The SMILES string of the molecule is Cc1cc(Br)cc(NC(CN)c2cncn2C2CC2)c1. The minimum atomic E-state index is 0.0896. The first-order chi connectivity index (χ1) is 9.67. The molecular weight excluding hydrogens is 316 g/mol. The number of hydrogen-bond donors (Lipinski definition) is 2. The van der Waals surface area contributed by atoms with Crippen molar-refractivity contribution < 1.29 is 0 Å². The Labute approximate surface area is 127 Å². The molecule has 4 nitrogen and oxygen atoms in total. The van der Waals surface area contributed by atoms with E-state index in [9.17, 15) is 0 Å². The Morgan fingerprint density at radius 1 is 1.45 bits per heavy atom. The van der Waals surface area contributed by atoms with Crippen molar-refractivity contribution in [1.82, 2.24) is 9.55 Å². The third kappa shape index (κ3) is 2.88. The van der Waals surface area contributed by atoms with Gasteiger partial charge in [-0.05, 0) is 43.5 Å². The Morgan fingerprint density at radius 3 is 2.90 bits per heavy atom. The zero-order valence-electron chi connectivity index (χ0n) is 11.5. The molecule has 1 fully saturated rings. The molecule has 0 aliphatic heterocycles. The number of hydrogen-bond acceptors (Lipinski definition) is 3. The van der Waals surface area contributed by atoms with Gasteiger partial charge in [-0.2, -0.15) is 0 Å². The molecule has 3 rings (SSSR count). The van der Waals surface area contributed by atoms with Gasteiger partial charge in [0.15, 0.2) is 0 Å². The Kier molecular flexibility index (Phi) is 3.81. The summed E-state index contributed by atoms with van der Waals surface area (Å²) in [7, 11) is 0. The number of nitrogens with two attached hydrogens (primary N) is 1. The van der Waals surface area contributed by atoms with Crippen LogP contribution in [0.15, 0.2) is 35.2 Å². The number of imidazole rings is 1. The van der Waals surface area contributed by atoms with Crippen molar-refractivity contribution in [1.29, 1.82) is 0 Å². The van der Waals surface area contributed by atoms with Gasteiger partial charge in [0.25, 0.3) is 0 Å². The molecule has 2 aromatic rings. The van der Waals surface area contributed by atoms with Gasteiger partial charge in [-0.3, -0.25) is 0 Å². The average Bonchev–Trinajstić information content (AvgIpc) is 3.13. The molecule has 20 heavy (non-hydrogen) atoms. The summed E-state index contributed by atoms with van der Waals surface area (Å²) in [5, 5.41) is 3.52. The minimum absolute atomic E-state index is 0.0896. The van der Waals surface area contributed by atoms with E-state index in [-0.39, 0.29) is 6.04 Å². The molecule has 0 spiro atoms. The lowest BCUT2D eigenvalue weighted by Crippen LogP contribution is -2.23. The summed E-state index contributed by atoms with van der Waals surface area (Å²) in [6.07, 6.45) is 6.34. The first-order valence-electron chi connectivity index (χ1n) is 6.93. The van der Waals surface area contributed by atoms with Crippen molar-refractivity contribution in [3.63, 3.8) is 0 Å². The van der Waals surface area contributed by atoms with Crippen LogP contribution in [0.5, 0.6) is 0 Å². The van der Waals surface area contributed by atoms with Crippen LogP contribution in [0.25, 0.3) is 0 Å². The fraction of sp³-hybridized carbons (Fsp3) is 0.400. The molecule has 1 aliphatic carbocycles. The molecule has 5 heteroatoms. The molecule has 0 saturated heterocycles. The molecule has 3 N–H and O–H groups in total. The highest BCUT2D eigenvalue weighted by molar-refractivity contribution is 9.10. The van der Waals surface area contributed by atoms with Gasteiger partial charge in [0.05, 0.1) is 24.3 Å².